The highest BCUT2D eigenvalue weighted by atomic mass is 79.9. The van der Waals surface area contributed by atoms with Crippen molar-refractivity contribution in [2.45, 2.75) is 10.9 Å². The van der Waals surface area contributed by atoms with Gasteiger partial charge in [0.15, 0.2) is 5.16 Å². The van der Waals surface area contributed by atoms with E-state index in [-0.39, 0.29) is 0 Å². The average molecular weight is 392 g/mol. The predicted molar refractivity (Wildman–Crippen MR) is 93.5 cm³/mol. The van der Waals surface area contributed by atoms with Crippen molar-refractivity contribution in [1.29, 1.82) is 0 Å². The summed E-state index contributed by atoms with van der Waals surface area (Å²) in [5, 5.41) is 1.61. The maximum Gasteiger partial charge on any atom is 0.197 e. The Kier molecular flexibility index (Phi) is 3.56. The van der Waals surface area contributed by atoms with Crippen molar-refractivity contribution in [2.75, 3.05) is 0 Å². The molecule has 0 spiro atoms. The number of hydrogen-bond acceptors (Lipinski definition) is 4. The molecule has 3 heterocycles. The zero-order valence-electron chi connectivity index (χ0n) is 11.2. The highest BCUT2D eigenvalue weighted by Crippen LogP contribution is 2.32. The van der Waals surface area contributed by atoms with Crippen molar-refractivity contribution in [3.63, 3.8) is 0 Å². The van der Waals surface area contributed by atoms with Crippen molar-refractivity contribution in [1.82, 2.24) is 15.0 Å². The lowest BCUT2D eigenvalue weighted by Crippen LogP contribution is -2.00. The van der Waals surface area contributed by atoms with Crippen LogP contribution in [0.5, 0.6) is 0 Å². The van der Waals surface area contributed by atoms with Crippen molar-refractivity contribution >= 4 is 59.2 Å². The number of aromatic nitrogens is 3. The molecule has 0 fully saturated rings. The van der Waals surface area contributed by atoms with Gasteiger partial charge in [-0.05, 0) is 45.6 Å². The van der Waals surface area contributed by atoms with Crippen LogP contribution in [0, 0.1) is 0 Å². The fourth-order valence-electron chi connectivity index (χ4n) is 2.32. The molecule has 3 aromatic heterocycles. The van der Waals surface area contributed by atoms with Crippen molar-refractivity contribution in [3.8, 4) is 0 Å². The van der Waals surface area contributed by atoms with E-state index in [9.17, 15) is 4.21 Å². The van der Waals surface area contributed by atoms with E-state index in [0.717, 1.165) is 30.6 Å². The Morgan fingerprint density at radius 2 is 2.14 bits per heavy atom. The van der Waals surface area contributed by atoms with Gasteiger partial charge in [-0.25, -0.2) is 4.98 Å². The van der Waals surface area contributed by atoms with Gasteiger partial charge in [-0.1, -0.05) is 12.1 Å². The number of para-hydroxylation sites is 2. The Morgan fingerprint density at radius 1 is 1.27 bits per heavy atom. The molecular formula is C15H10BrN3OS2. The summed E-state index contributed by atoms with van der Waals surface area (Å²) >= 11 is 5.10. The first-order valence-corrected chi connectivity index (χ1v) is 9.49. The lowest BCUT2D eigenvalue weighted by molar-refractivity contribution is 0.677. The fourth-order valence-corrected chi connectivity index (χ4v) is 5.04. The third-order valence-electron chi connectivity index (χ3n) is 3.33. The molecule has 0 aliphatic carbocycles. The molecule has 7 heteroatoms. The molecule has 0 saturated heterocycles. The molecule has 1 N–H and O–H groups in total. The van der Waals surface area contributed by atoms with Crippen molar-refractivity contribution in [2.24, 2.45) is 0 Å². The van der Waals surface area contributed by atoms with Crippen LogP contribution in [0.3, 0.4) is 0 Å². The van der Waals surface area contributed by atoms with Gasteiger partial charge < -0.3 is 4.98 Å². The van der Waals surface area contributed by atoms with E-state index >= 15 is 0 Å². The van der Waals surface area contributed by atoms with Crippen molar-refractivity contribution < 1.29 is 4.21 Å². The minimum absolute atomic E-state index is 0.351. The van der Waals surface area contributed by atoms with Crippen LogP contribution in [0.4, 0.5) is 0 Å². The van der Waals surface area contributed by atoms with E-state index in [1.54, 1.807) is 17.5 Å². The molecule has 0 radical (unpaired) electrons. The number of halogens is 1. The molecule has 4 nitrogen and oxygen atoms in total. The lowest BCUT2D eigenvalue weighted by Gasteiger charge is -2.00. The third kappa shape index (κ3) is 2.49. The summed E-state index contributed by atoms with van der Waals surface area (Å²) in [6.45, 7) is 0. The normalized spacial score (nSPS) is 13.0. The second kappa shape index (κ2) is 5.57. The van der Waals surface area contributed by atoms with Crippen LogP contribution >= 0.6 is 27.3 Å². The summed E-state index contributed by atoms with van der Waals surface area (Å²) < 4.78 is 14.7. The van der Waals surface area contributed by atoms with E-state index < -0.39 is 10.8 Å². The van der Waals surface area contributed by atoms with Crippen LogP contribution in [0.1, 0.15) is 5.69 Å². The van der Waals surface area contributed by atoms with Gasteiger partial charge >= 0.3 is 0 Å². The second-order valence-corrected chi connectivity index (χ2v) is 8.57. The van der Waals surface area contributed by atoms with Gasteiger partial charge in [0.1, 0.15) is 0 Å². The maximum absolute atomic E-state index is 12.6. The van der Waals surface area contributed by atoms with Gasteiger partial charge in [-0.15, -0.1) is 11.3 Å². The number of benzene rings is 1. The Balaban J connectivity index is 1.71. The van der Waals surface area contributed by atoms with E-state index in [4.69, 9.17) is 0 Å². The quantitative estimate of drug-likeness (QED) is 0.567. The highest BCUT2D eigenvalue weighted by molar-refractivity contribution is 9.11. The molecule has 1 aromatic carbocycles. The van der Waals surface area contributed by atoms with Crippen LogP contribution in [0.15, 0.2) is 51.5 Å². The van der Waals surface area contributed by atoms with Crippen molar-refractivity contribution in [3.05, 3.63) is 52.1 Å². The Bertz CT molecular complexity index is 975. The first kappa shape index (κ1) is 14.0. The minimum Gasteiger partial charge on any atom is -0.331 e. The summed E-state index contributed by atoms with van der Waals surface area (Å²) in [7, 11) is -1.25. The lowest BCUT2D eigenvalue weighted by atomic mass is 10.3. The number of hydrogen-bond donors (Lipinski definition) is 1. The molecule has 4 aromatic rings. The number of imidazole rings is 1. The van der Waals surface area contributed by atoms with Gasteiger partial charge in [-0.2, -0.15) is 0 Å². The molecule has 110 valence electrons. The molecule has 22 heavy (non-hydrogen) atoms. The van der Waals surface area contributed by atoms with Gasteiger partial charge in [-0.3, -0.25) is 9.19 Å². The molecule has 4 rings (SSSR count). The summed E-state index contributed by atoms with van der Waals surface area (Å²) in [5.41, 5.74) is 2.57. The van der Waals surface area contributed by atoms with Crippen LogP contribution in [-0.4, -0.2) is 19.2 Å². The Morgan fingerprint density at radius 3 is 3.00 bits per heavy atom. The summed E-state index contributed by atoms with van der Waals surface area (Å²) in [4.78, 5) is 11.9. The zero-order valence-corrected chi connectivity index (χ0v) is 14.5. The number of thiophene rings is 1. The average Bonchev–Trinajstić information content (AvgIpc) is 3.10. The van der Waals surface area contributed by atoms with E-state index in [1.807, 2.05) is 30.3 Å². The van der Waals surface area contributed by atoms with Crippen LogP contribution in [0.2, 0.25) is 0 Å². The molecule has 1 unspecified atom stereocenters. The molecule has 0 aliphatic heterocycles. The SMILES string of the molecule is O=S(Cc1nccc2cc(Br)sc12)c1nc2ccccc2[nH]1. The second-order valence-electron chi connectivity index (χ2n) is 4.78. The standard InChI is InChI=1S/C15H10BrN3OS2/c16-13-7-9-5-6-17-12(14(9)21-13)8-22(20)15-18-10-3-1-2-4-11(10)19-15/h1-7H,8H2,(H,18,19). The number of pyridine rings is 1. The monoisotopic (exact) mass is 391 g/mol. The number of nitrogens with one attached hydrogen (secondary N) is 1. The smallest absolute Gasteiger partial charge is 0.197 e. The number of H-pyrrole nitrogens is 1. The molecule has 0 saturated carbocycles. The maximum atomic E-state index is 12.6. The van der Waals surface area contributed by atoms with E-state index in [2.05, 4.69) is 36.9 Å². The molecule has 1 atom stereocenters. The van der Waals surface area contributed by atoms with Crippen LogP contribution in [0.25, 0.3) is 21.1 Å². The highest BCUT2D eigenvalue weighted by Gasteiger charge is 2.14. The predicted octanol–water partition coefficient (Wildman–Crippen LogP) is 4.24. The first-order valence-electron chi connectivity index (χ1n) is 6.57. The topological polar surface area (TPSA) is 58.6 Å². The fraction of sp³-hybridized carbons (Fsp3) is 0.0667. The molecule has 0 aliphatic rings. The summed E-state index contributed by atoms with van der Waals surface area (Å²) in [6.07, 6.45) is 1.76. The van der Waals surface area contributed by atoms with Gasteiger partial charge in [0.2, 0.25) is 0 Å². The molecular weight excluding hydrogens is 382 g/mol. The van der Waals surface area contributed by atoms with E-state index in [0.29, 0.717) is 10.9 Å². The number of rotatable bonds is 3. The summed E-state index contributed by atoms with van der Waals surface area (Å²) in [5.74, 6) is 0.351. The number of fused-ring (bicyclic) bond motifs is 2. The first-order chi connectivity index (χ1) is 10.7. The minimum atomic E-state index is -1.25. The number of aromatic amines is 1. The number of nitrogens with zero attached hydrogens (tertiary/aromatic N) is 2. The van der Waals surface area contributed by atoms with E-state index in [1.165, 1.54) is 0 Å². The van der Waals surface area contributed by atoms with Gasteiger partial charge in [0.25, 0.3) is 0 Å². The molecule has 0 amide bonds. The zero-order chi connectivity index (χ0) is 15.1. The third-order valence-corrected chi connectivity index (χ3v) is 6.19. The summed E-state index contributed by atoms with van der Waals surface area (Å²) in [6, 6.07) is 11.7. The Labute approximate surface area is 141 Å². The van der Waals surface area contributed by atoms with Crippen LogP contribution < -0.4 is 0 Å². The Hall–Kier alpha value is -1.57. The molecule has 0 bridgehead atoms. The van der Waals surface area contributed by atoms with Gasteiger partial charge in [0.05, 0.1) is 41.8 Å². The largest absolute Gasteiger partial charge is 0.331 e. The van der Waals surface area contributed by atoms with Gasteiger partial charge in [0, 0.05) is 6.20 Å². The van der Waals surface area contributed by atoms with Crippen LogP contribution in [-0.2, 0) is 16.6 Å².